The van der Waals surface area contributed by atoms with Crippen molar-refractivity contribution in [3.8, 4) is 11.8 Å². The lowest BCUT2D eigenvalue weighted by Gasteiger charge is -2.06. The minimum atomic E-state index is -0.501. The monoisotopic (exact) mass is 274 g/mol. The quantitative estimate of drug-likeness (QED) is 0.818. The molecule has 1 heterocycles. The number of aryl methyl sites for hydroxylation is 1. The number of aliphatic hydroxyl groups is 1. The number of aromatic nitrogens is 1. The predicted octanol–water partition coefficient (Wildman–Crippen LogP) is 1.72. The third-order valence-corrected chi connectivity index (χ3v) is 2.48. The summed E-state index contributed by atoms with van der Waals surface area (Å²) < 4.78 is 18.1. The Balaban J connectivity index is 2.29. The average molecular weight is 274 g/mol. The highest BCUT2D eigenvalue weighted by atomic mass is 19.1. The second kappa shape index (κ2) is 5.99. The third-order valence-electron chi connectivity index (χ3n) is 2.48. The number of nitrogens with zero attached hydrogens (tertiary/aromatic N) is 1. The summed E-state index contributed by atoms with van der Waals surface area (Å²) in [6, 6.07) is 3.76. The Morgan fingerprint density at radius 2 is 2.35 bits per heavy atom. The molecule has 2 aromatic rings. The van der Waals surface area contributed by atoms with Gasteiger partial charge in [0.2, 0.25) is 5.76 Å². The highest BCUT2D eigenvalue weighted by molar-refractivity contribution is 6.03. The smallest absolute Gasteiger partial charge is 0.293 e. The number of hydrogen-bond acceptors (Lipinski definition) is 4. The number of aliphatic hydroxyl groups excluding tert-OH is 1. The molecule has 0 fully saturated rings. The largest absolute Gasteiger partial charge is 0.438 e. The first kappa shape index (κ1) is 13.8. The molecule has 0 aliphatic rings. The van der Waals surface area contributed by atoms with E-state index in [1.165, 1.54) is 24.6 Å². The van der Waals surface area contributed by atoms with Crippen LogP contribution in [0.5, 0.6) is 0 Å². The van der Waals surface area contributed by atoms with Crippen LogP contribution in [0.3, 0.4) is 0 Å². The van der Waals surface area contributed by atoms with Crippen LogP contribution >= 0.6 is 0 Å². The number of anilines is 1. The molecule has 0 saturated carbocycles. The summed E-state index contributed by atoms with van der Waals surface area (Å²) >= 11 is 0. The van der Waals surface area contributed by atoms with Gasteiger partial charge in [0.1, 0.15) is 12.4 Å². The molecule has 0 spiro atoms. The summed E-state index contributed by atoms with van der Waals surface area (Å²) in [7, 11) is 0. The van der Waals surface area contributed by atoms with E-state index in [9.17, 15) is 9.18 Å². The van der Waals surface area contributed by atoms with Crippen molar-refractivity contribution in [3.05, 3.63) is 47.4 Å². The van der Waals surface area contributed by atoms with E-state index in [2.05, 4.69) is 22.1 Å². The van der Waals surface area contributed by atoms with Crippen LogP contribution in [0, 0.1) is 24.6 Å². The van der Waals surface area contributed by atoms with Crippen molar-refractivity contribution in [2.45, 2.75) is 6.92 Å². The number of carbonyl (C=O) groups is 1. The first-order valence-corrected chi connectivity index (χ1v) is 5.72. The fourth-order valence-electron chi connectivity index (χ4n) is 1.56. The van der Waals surface area contributed by atoms with Crippen LogP contribution < -0.4 is 5.32 Å². The van der Waals surface area contributed by atoms with Crippen LogP contribution in [0.15, 0.2) is 29.0 Å². The van der Waals surface area contributed by atoms with E-state index in [0.29, 0.717) is 11.4 Å². The minimum absolute atomic E-state index is 0.0791. The van der Waals surface area contributed by atoms with Gasteiger partial charge in [-0.1, -0.05) is 11.8 Å². The van der Waals surface area contributed by atoms with Gasteiger partial charge in [-0.2, -0.15) is 0 Å². The van der Waals surface area contributed by atoms with Crippen LogP contribution in [0.4, 0.5) is 10.1 Å². The molecule has 1 aromatic heterocycles. The van der Waals surface area contributed by atoms with Crippen molar-refractivity contribution in [1.29, 1.82) is 0 Å². The van der Waals surface area contributed by atoms with Gasteiger partial charge in [0.25, 0.3) is 5.91 Å². The predicted molar refractivity (Wildman–Crippen MR) is 69.6 cm³/mol. The first-order chi connectivity index (χ1) is 9.61. The maximum Gasteiger partial charge on any atom is 0.293 e. The van der Waals surface area contributed by atoms with Gasteiger partial charge < -0.3 is 14.8 Å². The number of rotatable bonds is 2. The zero-order valence-corrected chi connectivity index (χ0v) is 10.6. The molecule has 2 N–H and O–H groups in total. The number of benzene rings is 1. The Bertz CT molecular complexity index is 698. The fourth-order valence-corrected chi connectivity index (χ4v) is 1.56. The molecule has 1 aromatic carbocycles. The van der Waals surface area contributed by atoms with Crippen LogP contribution in [-0.2, 0) is 0 Å². The summed E-state index contributed by atoms with van der Waals surface area (Å²) in [6.45, 7) is 1.28. The Kier molecular flexibility index (Phi) is 4.13. The number of halogens is 1. The molecule has 0 atom stereocenters. The van der Waals surface area contributed by atoms with Gasteiger partial charge in [0.15, 0.2) is 6.39 Å². The zero-order valence-electron chi connectivity index (χ0n) is 10.6. The fraction of sp³-hybridized carbons (Fsp3) is 0.143. The third kappa shape index (κ3) is 3.02. The van der Waals surface area contributed by atoms with Crippen LogP contribution in [0.1, 0.15) is 21.8 Å². The standard InChI is InChI=1S/C14H11FN2O3/c1-9-13(20-8-16-9)14(19)17-12-5-4-11(15)7-10(12)3-2-6-18/h4-5,7-8,18H,6H2,1H3,(H,17,19). The SMILES string of the molecule is Cc1ncoc1C(=O)Nc1ccc(F)cc1C#CCO. The maximum atomic E-state index is 13.2. The number of amides is 1. The van der Waals surface area contributed by atoms with E-state index in [0.717, 1.165) is 0 Å². The molecule has 6 heteroatoms. The van der Waals surface area contributed by atoms with Crippen molar-refractivity contribution in [2.75, 3.05) is 11.9 Å². The van der Waals surface area contributed by atoms with E-state index in [-0.39, 0.29) is 17.9 Å². The summed E-state index contributed by atoms with van der Waals surface area (Å²) in [5.74, 6) is 4.06. The molecule has 0 saturated heterocycles. The number of hydrogen-bond donors (Lipinski definition) is 2. The van der Waals surface area contributed by atoms with Crippen LogP contribution in [0.25, 0.3) is 0 Å². The Labute approximate surface area is 114 Å². The molecule has 0 radical (unpaired) electrons. The number of carbonyl (C=O) groups excluding carboxylic acids is 1. The lowest BCUT2D eigenvalue weighted by Crippen LogP contribution is -2.13. The minimum Gasteiger partial charge on any atom is -0.438 e. The van der Waals surface area contributed by atoms with E-state index in [1.807, 2.05) is 0 Å². The van der Waals surface area contributed by atoms with E-state index in [1.54, 1.807) is 6.92 Å². The van der Waals surface area contributed by atoms with Crippen LogP contribution in [-0.4, -0.2) is 22.6 Å². The van der Waals surface area contributed by atoms with Crippen molar-refractivity contribution in [2.24, 2.45) is 0 Å². The van der Waals surface area contributed by atoms with E-state index in [4.69, 9.17) is 9.52 Å². The normalized spacial score (nSPS) is 9.75. The van der Waals surface area contributed by atoms with Gasteiger partial charge in [-0.3, -0.25) is 4.79 Å². The highest BCUT2D eigenvalue weighted by Crippen LogP contribution is 2.18. The molecule has 0 aliphatic heterocycles. The molecule has 1 amide bonds. The summed E-state index contributed by atoms with van der Waals surface area (Å²) in [5, 5.41) is 11.2. The Morgan fingerprint density at radius 3 is 3.00 bits per heavy atom. The van der Waals surface area contributed by atoms with Gasteiger partial charge in [-0.05, 0) is 25.1 Å². The summed E-state index contributed by atoms with van der Waals surface area (Å²) in [6.07, 6.45) is 1.17. The van der Waals surface area contributed by atoms with Crippen molar-refractivity contribution < 1.29 is 18.7 Å². The lowest BCUT2D eigenvalue weighted by atomic mass is 10.1. The Morgan fingerprint density at radius 1 is 1.55 bits per heavy atom. The molecule has 0 unspecified atom stereocenters. The van der Waals surface area contributed by atoms with Crippen molar-refractivity contribution in [3.63, 3.8) is 0 Å². The molecule has 0 aliphatic carbocycles. The van der Waals surface area contributed by atoms with Gasteiger partial charge >= 0.3 is 0 Å². The summed E-state index contributed by atoms with van der Waals surface area (Å²) in [4.78, 5) is 15.8. The highest BCUT2D eigenvalue weighted by Gasteiger charge is 2.15. The van der Waals surface area contributed by atoms with Crippen molar-refractivity contribution >= 4 is 11.6 Å². The molecular formula is C14H11FN2O3. The van der Waals surface area contributed by atoms with E-state index < -0.39 is 11.7 Å². The Hall–Kier alpha value is -2.65. The first-order valence-electron chi connectivity index (χ1n) is 5.72. The second-order valence-corrected chi connectivity index (χ2v) is 3.87. The van der Waals surface area contributed by atoms with E-state index >= 15 is 0 Å². The molecule has 20 heavy (non-hydrogen) atoms. The second-order valence-electron chi connectivity index (χ2n) is 3.87. The molecule has 0 bridgehead atoms. The number of oxazole rings is 1. The van der Waals surface area contributed by atoms with Gasteiger partial charge in [0, 0.05) is 0 Å². The molecule has 5 nitrogen and oxygen atoms in total. The van der Waals surface area contributed by atoms with Crippen molar-refractivity contribution in [1.82, 2.24) is 4.98 Å². The lowest BCUT2D eigenvalue weighted by molar-refractivity contribution is 0.0996. The van der Waals surface area contributed by atoms with Crippen LogP contribution in [0.2, 0.25) is 0 Å². The topological polar surface area (TPSA) is 75.4 Å². The van der Waals surface area contributed by atoms with Gasteiger partial charge in [-0.15, -0.1) is 0 Å². The van der Waals surface area contributed by atoms with Gasteiger partial charge in [0.05, 0.1) is 16.9 Å². The molecule has 102 valence electrons. The average Bonchev–Trinajstić information content (AvgIpc) is 2.85. The maximum absolute atomic E-state index is 13.2. The molecule has 2 rings (SSSR count). The van der Waals surface area contributed by atoms with Gasteiger partial charge in [-0.25, -0.2) is 9.37 Å². The molecular weight excluding hydrogens is 263 g/mol. The summed E-state index contributed by atoms with van der Waals surface area (Å²) in [5.41, 5.74) is 1.05. The zero-order chi connectivity index (χ0) is 14.5. The number of nitrogens with one attached hydrogen (secondary N) is 1.